The van der Waals surface area contributed by atoms with Gasteiger partial charge in [0.1, 0.15) is 0 Å². The van der Waals surface area contributed by atoms with Gasteiger partial charge in [0.25, 0.3) is 0 Å². The van der Waals surface area contributed by atoms with Gasteiger partial charge in [-0.15, -0.1) is 5.69 Å². The summed E-state index contributed by atoms with van der Waals surface area (Å²) in [6.45, 7) is 5.76. The zero-order valence-electron chi connectivity index (χ0n) is 8.26. The molecular weight excluding hydrogens is 143 g/mol. The van der Waals surface area contributed by atoms with Gasteiger partial charge in [0.05, 0.1) is 0 Å². The summed E-state index contributed by atoms with van der Waals surface area (Å²) < 4.78 is 0. The van der Waals surface area contributed by atoms with Gasteiger partial charge in [-0.05, 0) is 18.7 Å². The molecule has 0 saturated heterocycles. The maximum atomic E-state index is 4.18. The molecule has 0 unspecified atom stereocenters. The van der Waals surface area contributed by atoms with Crippen LogP contribution in [-0.4, -0.2) is 19.1 Å². The molecule has 1 rings (SSSR count). The zero-order valence-corrected chi connectivity index (χ0v) is 8.26. The summed E-state index contributed by atoms with van der Waals surface area (Å²) in [7, 11) is 4.02. The van der Waals surface area contributed by atoms with E-state index >= 15 is 0 Å². The van der Waals surface area contributed by atoms with Crippen molar-refractivity contribution in [3.63, 3.8) is 0 Å². The summed E-state index contributed by atoms with van der Waals surface area (Å²) >= 11 is 0. The molecule has 1 heterocycles. The van der Waals surface area contributed by atoms with E-state index in [0.717, 1.165) is 17.1 Å². The van der Waals surface area contributed by atoms with Crippen molar-refractivity contribution >= 4 is 5.69 Å². The molecule has 3 heteroatoms. The fourth-order valence-corrected chi connectivity index (χ4v) is 0.976. The van der Waals surface area contributed by atoms with E-state index in [4.69, 9.17) is 0 Å². The van der Waals surface area contributed by atoms with E-state index in [0.29, 0.717) is 0 Å². The maximum Gasteiger partial charge on any atom is 1.00 e. The molecule has 60 valence electrons. The molecule has 0 aliphatic heterocycles. The molecule has 1 aromatic rings. The summed E-state index contributed by atoms with van der Waals surface area (Å²) in [6.07, 6.45) is 0. The molecule has 0 aromatic carbocycles. The third kappa shape index (κ3) is 2.81. The topological polar surface area (TPSA) is 16.1 Å². The second kappa shape index (κ2) is 4.44. The van der Waals surface area contributed by atoms with E-state index < -0.39 is 0 Å². The second-order valence-electron chi connectivity index (χ2n) is 2.85. The van der Waals surface area contributed by atoms with Crippen LogP contribution in [0.3, 0.4) is 0 Å². The third-order valence-corrected chi connectivity index (χ3v) is 1.51. The number of hydrogen-bond acceptors (Lipinski definition) is 2. The van der Waals surface area contributed by atoms with E-state index in [-0.39, 0.29) is 18.9 Å². The molecule has 0 aliphatic rings. The SMILES string of the molecule is [CH2-]c1cc(N(C)C)cc(C)n1.[Li+]. The van der Waals surface area contributed by atoms with E-state index in [2.05, 4.69) is 11.9 Å². The Kier molecular flexibility index (Phi) is 4.23. The van der Waals surface area contributed by atoms with Crippen LogP contribution in [0.5, 0.6) is 0 Å². The van der Waals surface area contributed by atoms with Crippen LogP contribution in [0.15, 0.2) is 12.1 Å². The van der Waals surface area contributed by atoms with Crippen LogP contribution < -0.4 is 23.8 Å². The summed E-state index contributed by atoms with van der Waals surface area (Å²) in [4.78, 5) is 6.22. The molecule has 0 radical (unpaired) electrons. The minimum Gasteiger partial charge on any atom is -0.393 e. The van der Waals surface area contributed by atoms with E-state index in [1.807, 2.05) is 38.1 Å². The number of pyridine rings is 1. The van der Waals surface area contributed by atoms with Gasteiger partial charge in [0, 0.05) is 19.8 Å². The Morgan fingerprint density at radius 3 is 2.33 bits per heavy atom. The molecular formula is C9H13LiN2. The van der Waals surface area contributed by atoms with Gasteiger partial charge < -0.3 is 4.90 Å². The second-order valence-corrected chi connectivity index (χ2v) is 2.85. The predicted octanol–water partition coefficient (Wildman–Crippen LogP) is -1.36. The third-order valence-electron chi connectivity index (χ3n) is 1.51. The van der Waals surface area contributed by atoms with Crippen LogP contribution >= 0.6 is 0 Å². The fraction of sp³-hybridized carbons (Fsp3) is 0.333. The maximum absolute atomic E-state index is 4.18. The number of anilines is 1. The number of aromatic nitrogens is 1. The number of rotatable bonds is 1. The molecule has 0 atom stereocenters. The molecule has 0 saturated carbocycles. The van der Waals surface area contributed by atoms with Crippen molar-refractivity contribution in [3.05, 3.63) is 30.4 Å². The van der Waals surface area contributed by atoms with Crippen molar-refractivity contribution in [1.29, 1.82) is 0 Å². The van der Waals surface area contributed by atoms with Crippen LogP contribution in [0.1, 0.15) is 11.4 Å². The molecule has 1 aromatic heterocycles. The molecule has 2 nitrogen and oxygen atoms in total. The molecule has 0 amide bonds. The Labute approximate surface area is 86.2 Å². The number of nitrogens with zero attached hydrogens (tertiary/aromatic N) is 2. The average molecular weight is 156 g/mol. The standard InChI is InChI=1S/C9H13N2.Li/c1-7-5-9(11(3)4)6-8(2)10-7;/h5-6H,1H2,2-4H3;/q-1;+1. The Hall–Kier alpha value is -0.583. The van der Waals surface area contributed by atoms with Crippen molar-refractivity contribution in [2.45, 2.75) is 6.92 Å². The van der Waals surface area contributed by atoms with Gasteiger partial charge in [0.2, 0.25) is 0 Å². The van der Waals surface area contributed by atoms with Crippen molar-refractivity contribution in [2.24, 2.45) is 0 Å². The molecule has 12 heavy (non-hydrogen) atoms. The molecule has 0 spiro atoms. The monoisotopic (exact) mass is 156 g/mol. The van der Waals surface area contributed by atoms with Crippen LogP contribution in [-0.2, 0) is 0 Å². The molecule has 0 N–H and O–H groups in total. The molecule has 0 bridgehead atoms. The molecule has 0 aliphatic carbocycles. The van der Waals surface area contributed by atoms with Gasteiger partial charge >= 0.3 is 18.9 Å². The van der Waals surface area contributed by atoms with Crippen LogP contribution in [0.2, 0.25) is 0 Å². The minimum absolute atomic E-state index is 0. The Bertz CT molecular complexity index is 238. The molecule has 0 fully saturated rings. The van der Waals surface area contributed by atoms with Crippen molar-refractivity contribution < 1.29 is 18.9 Å². The van der Waals surface area contributed by atoms with Crippen molar-refractivity contribution in [2.75, 3.05) is 19.0 Å². The Morgan fingerprint density at radius 2 is 1.92 bits per heavy atom. The van der Waals surface area contributed by atoms with Crippen molar-refractivity contribution in [1.82, 2.24) is 4.98 Å². The summed E-state index contributed by atoms with van der Waals surface area (Å²) in [5.74, 6) is 0. The van der Waals surface area contributed by atoms with E-state index in [9.17, 15) is 0 Å². The fourth-order valence-electron chi connectivity index (χ4n) is 0.976. The Balaban J connectivity index is 0.00000121. The van der Waals surface area contributed by atoms with Gasteiger partial charge in [-0.2, -0.15) is 6.07 Å². The van der Waals surface area contributed by atoms with Gasteiger partial charge in [-0.25, -0.2) is 6.92 Å². The summed E-state index contributed by atoms with van der Waals surface area (Å²) in [5.41, 5.74) is 3.00. The Morgan fingerprint density at radius 1 is 1.33 bits per heavy atom. The largest absolute Gasteiger partial charge is 1.00 e. The van der Waals surface area contributed by atoms with Gasteiger partial charge in [0.15, 0.2) is 0 Å². The van der Waals surface area contributed by atoms with Crippen LogP contribution in [0.25, 0.3) is 0 Å². The van der Waals surface area contributed by atoms with E-state index in [1.54, 1.807) is 0 Å². The van der Waals surface area contributed by atoms with Crippen molar-refractivity contribution in [3.8, 4) is 0 Å². The first-order chi connectivity index (χ1) is 5.09. The normalized spacial score (nSPS) is 8.92. The smallest absolute Gasteiger partial charge is 0.393 e. The number of aryl methyl sites for hydroxylation is 1. The summed E-state index contributed by atoms with van der Waals surface area (Å²) in [5, 5.41) is 0. The summed E-state index contributed by atoms with van der Waals surface area (Å²) in [6, 6.07) is 4.00. The van der Waals surface area contributed by atoms with Crippen LogP contribution in [0.4, 0.5) is 5.69 Å². The van der Waals surface area contributed by atoms with Crippen LogP contribution in [0, 0.1) is 13.8 Å². The van der Waals surface area contributed by atoms with Gasteiger partial charge in [-0.3, -0.25) is 4.98 Å². The van der Waals surface area contributed by atoms with E-state index in [1.165, 1.54) is 0 Å². The minimum atomic E-state index is 0. The zero-order chi connectivity index (χ0) is 8.43. The predicted molar refractivity (Wildman–Crippen MR) is 47.8 cm³/mol. The first-order valence-corrected chi connectivity index (χ1v) is 3.57. The first kappa shape index (κ1) is 11.4. The first-order valence-electron chi connectivity index (χ1n) is 3.57. The van der Waals surface area contributed by atoms with Gasteiger partial charge in [-0.1, -0.05) is 0 Å². The quantitative estimate of drug-likeness (QED) is 0.369. The average Bonchev–Trinajstić information content (AvgIpc) is 1.85. The number of hydrogen-bond donors (Lipinski definition) is 0.